The van der Waals surface area contributed by atoms with Crippen LogP contribution in [0.25, 0.3) is 0 Å². The van der Waals surface area contributed by atoms with Gasteiger partial charge in [0, 0.05) is 25.6 Å². The summed E-state index contributed by atoms with van der Waals surface area (Å²) in [5.74, 6) is 0.0482. The summed E-state index contributed by atoms with van der Waals surface area (Å²) in [4.78, 5) is 27.7. The van der Waals surface area contributed by atoms with Gasteiger partial charge in [0.25, 0.3) is 0 Å². The van der Waals surface area contributed by atoms with E-state index in [1.807, 2.05) is 51.1 Å². The third-order valence-corrected chi connectivity index (χ3v) is 7.13. The van der Waals surface area contributed by atoms with Crippen LogP contribution < -0.4 is 14.4 Å². The molecule has 198 valence electrons. The Hall–Kier alpha value is -3.07. The topological polar surface area (TPSA) is 96.0 Å². The van der Waals surface area contributed by atoms with E-state index in [0.717, 1.165) is 18.2 Å². The minimum atomic E-state index is -3.61. The van der Waals surface area contributed by atoms with Crippen LogP contribution in [-0.2, 0) is 26.2 Å². The number of anilines is 1. The Labute approximate surface area is 215 Å². The molecule has 0 spiro atoms. The van der Waals surface area contributed by atoms with Crippen molar-refractivity contribution in [2.45, 2.75) is 65.6 Å². The second-order valence-electron chi connectivity index (χ2n) is 8.84. The van der Waals surface area contributed by atoms with Crippen molar-refractivity contribution in [3.8, 4) is 5.75 Å². The Bertz CT molecular complexity index is 1090. The van der Waals surface area contributed by atoms with Crippen LogP contribution >= 0.6 is 0 Å². The van der Waals surface area contributed by atoms with Crippen LogP contribution in [0.4, 0.5) is 5.69 Å². The van der Waals surface area contributed by atoms with Crippen LogP contribution in [0.5, 0.6) is 5.75 Å². The lowest BCUT2D eigenvalue weighted by Crippen LogP contribution is -2.49. The maximum Gasteiger partial charge on any atom is 0.242 e. The number of nitrogens with zero attached hydrogens (tertiary/aromatic N) is 2. The highest BCUT2D eigenvalue weighted by molar-refractivity contribution is 7.92. The minimum absolute atomic E-state index is 0.00218. The third-order valence-electron chi connectivity index (χ3n) is 5.95. The van der Waals surface area contributed by atoms with Gasteiger partial charge < -0.3 is 15.0 Å². The number of hydrogen-bond donors (Lipinski definition) is 1. The quantitative estimate of drug-likeness (QED) is 0.409. The molecule has 0 unspecified atom stereocenters. The molecule has 2 aromatic carbocycles. The molecule has 0 aromatic heterocycles. The largest absolute Gasteiger partial charge is 0.492 e. The van der Waals surface area contributed by atoms with Gasteiger partial charge in [-0.3, -0.25) is 13.9 Å². The highest BCUT2D eigenvalue weighted by Gasteiger charge is 2.27. The summed E-state index contributed by atoms with van der Waals surface area (Å²) in [7, 11) is -3.61. The first-order valence-corrected chi connectivity index (χ1v) is 14.3. The lowest BCUT2D eigenvalue weighted by Gasteiger charge is -2.30. The second-order valence-corrected chi connectivity index (χ2v) is 10.7. The number of benzene rings is 2. The summed E-state index contributed by atoms with van der Waals surface area (Å²) in [6, 6.07) is 15.8. The number of rotatable bonds is 14. The molecule has 8 nitrogen and oxygen atoms in total. The zero-order chi connectivity index (χ0) is 26.7. The van der Waals surface area contributed by atoms with Gasteiger partial charge in [-0.2, -0.15) is 0 Å². The average molecular weight is 518 g/mol. The average Bonchev–Trinajstić information content (AvgIpc) is 2.85. The van der Waals surface area contributed by atoms with Crippen molar-refractivity contribution in [3.05, 3.63) is 60.2 Å². The SMILES string of the molecule is CCOc1ccccc1N(CCCC(=O)N(Cc1ccccc1)[C@H](C)C(=O)N[C@H](C)CC)S(C)(=O)=O. The fourth-order valence-corrected chi connectivity index (χ4v) is 4.72. The molecule has 2 atom stereocenters. The Morgan fingerprint density at radius 3 is 2.25 bits per heavy atom. The summed E-state index contributed by atoms with van der Waals surface area (Å²) in [5.41, 5.74) is 1.36. The number of sulfonamides is 1. The lowest BCUT2D eigenvalue weighted by atomic mass is 10.1. The van der Waals surface area contributed by atoms with E-state index in [1.54, 1.807) is 36.1 Å². The number of carbonyl (C=O) groups excluding carboxylic acids is 2. The zero-order valence-corrected chi connectivity index (χ0v) is 22.8. The smallest absolute Gasteiger partial charge is 0.242 e. The van der Waals surface area contributed by atoms with E-state index in [2.05, 4.69) is 5.32 Å². The number of nitrogens with one attached hydrogen (secondary N) is 1. The number of ether oxygens (including phenoxy) is 1. The first-order chi connectivity index (χ1) is 17.1. The molecule has 0 bridgehead atoms. The summed E-state index contributed by atoms with van der Waals surface area (Å²) in [6.07, 6.45) is 2.31. The van der Waals surface area contributed by atoms with E-state index in [9.17, 15) is 18.0 Å². The maximum atomic E-state index is 13.3. The van der Waals surface area contributed by atoms with Gasteiger partial charge in [0.05, 0.1) is 18.6 Å². The van der Waals surface area contributed by atoms with Gasteiger partial charge in [-0.1, -0.05) is 49.4 Å². The van der Waals surface area contributed by atoms with Gasteiger partial charge in [-0.25, -0.2) is 8.42 Å². The van der Waals surface area contributed by atoms with Crippen molar-refractivity contribution in [2.75, 3.05) is 23.7 Å². The molecule has 2 amide bonds. The van der Waals surface area contributed by atoms with Crippen molar-refractivity contribution in [1.29, 1.82) is 0 Å². The molecule has 1 N–H and O–H groups in total. The van der Waals surface area contributed by atoms with Crippen LogP contribution in [0.1, 0.15) is 52.5 Å². The Balaban J connectivity index is 2.18. The van der Waals surface area contributed by atoms with Crippen LogP contribution in [0.2, 0.25) is 0 Å². The second kappa shape index (κ2) is 13.9. The van der Waals surface area contributed by atoms with Crippen molar-refractivity contribution in [2.24, 2.45) is 0 Å². The van der Waals surface area contributed by atoms with Crippen LogP contribution in [0.3, 0.4) is 0 Å². The van der Waals surface area contributed by atoms with E-state index >= 15 is 0 Å². The predicted octanol–water partition coefficient (Wildman–Crippen LogP) is 3.96. The standard InChI is InChI=1S/C27H39N3O5S/c1-6-21(3)28-27(32)22(4)29(20-23-14-9-8-10-15-23)26(31)18-13-19-30(36(5,33)34)24-16-11-12-17-25(24)35-7-2/h8-12,14-17,21-22H,6-7,13,18-20H2,1-5H3,(H,28,32)/t21-,22-/m1/s1. The van der Waals surface area contributed by atoms with Gasteiger partial charge in [0.2, 0.25) is 21.8 Å². The summed E-state index contributed by atoms with van der Waals surface area (Å²) >= 11 is 0. The van der Waals surface area contributed by atoms with Gasteiger partial charge >= 0.3 is 0 Å². The molecule has 0 aliphatic carbocycles. The molecule has 36 heavy (non-hydrogen) atoms. The highest BCUT2D eigenvalue weighted by Crippen LogP contribution is 2.30. The molecule has 2 aromatic rings. The normalized spacial score (nSPS) is 12.9. The number of carbonyl (C=O) groups is 2. The predicted molar refractivity (Wildman–Crippen MR) is 143 cm³/mol. The first kappa shape index (κ1) is 29.2. The molecular weight excluding hydrogens is 478 g/mol. The maximum absolute atomic E-state index is 13.3. The van der Waals surface area contributed by atoms with Gasteiger partial charge in [0.15, 0.2) is 0 Å². The molecule has 0 aliphatic heterocycles. The number of hydrogen-bond acceptors (Lipinski definition) is 5. The van der Waals surface area contributed by atoms with Gasteiger partial charge in [0.1, 0.15) is 11.8 Å². The Kier molecular flexibility index (Phi) is 11.2. The molecule has 0 heterocycles. The molecule has 2 rings (SSSR count). The van der Waals surface area contributed by atoms with Crippen molar-refractivity contribution >= 4 is 27.5 Å². The van der Waals surface area contributed by atoms with Crippen LogP contribution in [0, 0.1) is 0 Å². The molecule has 0 saturated heterocycles. The zero-order valence-electron chi connectivity index (χ0n) is 21.9. The van der Waals surface area contributed by atoms with Crippen LogP contribution in [0.15, 0.2) is 54.6 Å². The van der Waals surface area contributed by atoms with Gasteiger partial charge in [-0.05, 0) is 51.3 Å². The van der Waals surface area contributed by atoms with E-state index in [0.29, 0.717) is 18.0 Å². The Morgan fingerprint density at radius 1 is 1.00 bits per heavy atom. The molecule has 0 saturated carbocycles. The van der Waals surface area contributed by atoms with E-state index < -0.39 is 16.1 Å². The molecule has 9 heteroatoms. The molecular formula is C27H39N3O5S. The summed E-state index contributed by atoms with van der Waals surface area (Å²) < 4.78 is 32.1. The monoisotopic (exact) mass is 517 g/mol. The fraction of sp³-hybridized carbons (Fsp3) is 0.481. The molecule has 0 radical (unpaired) electrons. The minimum Gasteiger partial charge on any atom is -0.492 e. The van der Waals surface area contributed by atoms with Crippen LogP contribution in [-0.4, -0.2) is 56.6 Å². The molecule has 0 aliphatic rings. The van der Waals surface area contributed by atoms with Gasteiger partial charge in [-0.15, -0.1) is 0 Å². The summed E-state index contributed by atoms with van der Waals surface area (Å²) in [5, 5.41) is 2.95. The van der Waals surface area contributed by atoms with Crippen molar-refractivity contribution in [3.63, 3.8) is 0 Å². The number of amides is 2. The Morgan fingerprint density at radius 2 is 1.64 bits per heavy atom. The van der Waals surface area contributed by atoms with E-state index in [-0.39, 0.29) is 43.8 Å². The van der Waals surface area contributed by atoms with E-state index in [4.69, 9.17) is 4.74 Å². The third kappa shape index (κ3) is 8.55. The van der Waals surface area contributed by atoms with E-state index in [1.165, 1.54) is 4.31 Å². The fourth-order valence-electron chi connectivity index (χ4n) is 3.75. The number of para-hydroxylation sites is 2. The lowest BCUT2D eigenvalue weighted by molar-refractivity contribution is -0.140. The van der Waals surface area contributed by atoms with Crippen molar-refractivity contribution in [1.82, 2.24) is 10.2 Å². The first-order valence-electron chi connectivity index (χ1n) is 12.4. The highest BCUT2D eigenvalue weighted by atomic mass is 32.2. The summed E-state index contributed by atoms with van der Waals surface area (Å²) in [6.45, 7) is 8.27. The molecule has 0 fully saturated rings. The van der Waals surface area contributed by atoms with Crippen molar-refractivity contribution < 1.29 is 22.7 Å².